The first kappa shape index (κ1) is 12.0. The van der Waals surface area contributed by atoms with Gasteiger partial charge in [0.2, 0.25) is 0 Å². The summed E-state index contributed by atoms with van der Waals surface area (Å²) in [5, 5.41) is 7.13. The largest absolute Gasteiger partial charge is 0.382 e. The minimum atomic E-state index is 0.365. The summed E-state index contributed by atoms with van der Waals surface area (Å²) in [6.07, 6.45) is 2.07. The smallest absolute Gasteiger partial charge is 0.149 e. The van der Waals surface area contributed by atoms with E-state index >= 15 is 0 Å². The van der Waals surface area contributed by atoms with Crippen molar-refractivity contribution in [2.45, 2.75) is 24.7 Å². The van der Waals surface area contributed by atoms with Crippen molar-refractivity contribution < 1.29 is 0 Å². The van der Waals surface area contributed by atoms with Gasteiger partial charge in [0.15, 0.2) is 0 Å². The number of hydrogen-bond donors (Lipinski definition) is 2. The molecule has 3 nitrogen and oxygen atoms in total. The number of benzene rings is 1. The predicted octanol–water partition coefficient (Wildman–Crippen LogP) is 3.50. The Kier molecular flexibility index (Phi) is 3.43. The summed E-state index contributed by atoms with van der Waals surface area (Å²) in [4.78, 5) is 1.26. The second-order valence-electron chi connectivity index (χ2n) is 4.28. The highest BCUT2D eigenvalue weighted by molar-refractivity contribution is 7.98. The zero-order valence-electron chi connectivity index (χ0n) is 10.3. The Morgan fingerprint density at radius 1 is 1.24 bits per heavy atom. The van der Waals surface area contributed by atoms with Gasteiger partial charge in [-0.1, -0.05) is 26.0 Å². The maximum absolute atomic E-state index is 5.89. The zero-order valence-corrected chi connectivity index (χ0v) is 11.1. The van der Waals surface area contributed by atoms with Crippen LogP contribution in [0.25, 0.3) is 11.3 Å². The number of nitrogens with zero attached hydrogens (tertiary/aromatic N) is 1. The standard InChI is InChI=1S/C13H17N3S/c1-8(2)11-12(15-16-13(11)14)9-4-6-10(17-3)7-5-9/h4-8H,1-3H3,(H3,14,15,16). The predicted molar refractivity (Wildman–Crippen MR) is 74.3 cm³/mol. The molecule has 0 spiro atoms. The number of rotatable bonds is 3. The van der Waals surface area contributed by atoms with Gasteiger partial charge in [-0.15, -0.1) is 11.8 Å². The van der Waals surface area contributed by atoms with Gasteiger partial charge in [-0.05, 0) is 29.9 Å². The lowest BCUT2D eigenvalue weighted by molar-refractivity contribution is 0.873. The van der Waals surface area contributed by atoms with Crippen molar-refractivity contribution >= 4 is 17.6 Å². The van der Waals surface area contributed by atoms with Crippen LogP contribution in [0.4, 0.5) is 5.82 Å². The fourth-order valence-electron chi connectivity index (χ4n) is 1.93. The highest BCUT2D eigenvalue weighted by atomic mass is 32.2. The van der Waals surface area contributed by atoms with Crippen LogP contribution in [0.3, 0.4) is 0 Å². The number of aromatic nitrogens is 2. The van der Waals surface area contributed by atoms with E-state index in [0.29, 0.717) is 11.7 Å². The average Bonchev–Trinajstić information content (AvgIpc) is 2.71. The number of aromatic amines is 1. The van der Waals surface area contributed by atoms with Crippen LogP contribution in [-0.2, 0) is 0 Å². The quantitative estimate of drug-likeness (QED) is 0.816. The van der Waals surface area contributed by atoms with E-state index in [2.05, 4.69) is 54.6 Å². The molecule has 2 aromatic rings. The van der Waals surface area contributed by atoms with E-state index in [1.807, 2.05) is 0 Å². The Morgan fingerprint density at radius 2 is 1.88 bits per heavy atom. The molecule has 90 valence electrons. The van der Waals surface area contributed by atoms with E-state index in [1.165, 1.54) is 4.90 Å². The van der Waals surface area contributed by atoms with E-state index in [1.54, 1.807) is 11.8 Å². The van der Waals surface area contributed by atoms with Gasteiger partial charge in [-0.2, -0.15) is 5.10 Å². The molecule has 1 aromatic carbocycles. The molecule has 3 N–H and O–H groups in total. The molecule has 0 aliphatic carbocycles. The van der Waals surface area contributed by atoms with Gasteiger partial charge < -0.3 is 5.73 Å². The fourth-order valence-corrected chi connectivity index (χ4v) is 2.34. The summed E-state index contributed by atoms with van der Waals surface area (Å²) >= 11 is 1.74. The topological polar surface area (TPSA) is 54.7 Å². The molecule has 0 radical (unpaired) electrons. The Bertz CT molecular complexity index is 500. The minimum Gasteiger partial charge on any atom is -0.382 e. The molecule has 0 fully saturated rings. The second-order valence-corrected chi connectivity index (χ2v) is 5.16. The van der Waals surface area contributed by atoms with Crippen molar-refractivity contribution in [3.63, 3.8) is 0 Å². The Morgan fingerprint density at radius 3 is 2.41 bits per heavy atom. The van der Waals surface area contributed by atoms with Gasteiger partial charge in [0.1, 0.15) is 5.82 Å². The van der Waals surface area contributed by atoms with Crippen LogP contribution in [-0.4, -0.2) is 16.5 Å². The van der Waals surface area contributed by atoms with Gasteiger partial charge >= 0.3 is 0 Å². The first-order chi connectivity index (χ1) is 8.13. The molecular formula is C13H17N3S. The summed E-state index contributed by atoms with van der Waals surface area (Å²) in [5.74, 6) is 0.966. The summed E-state index contributed by atoms with van der Waals surface area (Å²) in [7, 11) is 0. The molecule has 1 aromatic heterocycles. The van der Waals surface area contributed by atoms with Crippen LogP contribution in [0.2, 0.25) is 0 Å². The highest BCUT2D eigenvalue weighted by Crippen LogP contribution is 2.32. The number of nitrogens with one attached hydrogen (secondary N) is 1. The minimum absolute atomic E-state index is 0.365. The van der Waals surface area contributed by atoms with Crippen molar-refractivity contribution in [1.29, 1.82) is 0 Å². The van der Waals surface area contributed by atoms with Crippen LogP contribution in [0, 0.1) is 0 Å². The molecular weight excluding hydrogens is 230 g/mol. The maximum Gasteiger partial charge on any atom is 0.149 e. The lowest BCUT2D eigenvalue weighted by Crippen LogP contribution is -1.95. The molecule has 0 bridgehead atoms. The first-order valence-electron chi connectivity index (χ1n) is 5.61. The van der Waals surface area contributed by atoms with Crippen molar-refractivity contribution in [2.75, 3.05) is 12.0 Å². The van der Waals surface area contributed by atoms with Crippen molar-refractivity contribution in [3.8, 4) is 11.3 Å². The molecule has 2 rings (SSSR count). The number of thioether (sulfide) groups is 1. The number of anilines is 1. The summed E-state index contributed by atoms with van der Waals surface area (Å²) in [6, 6.07) is 8.43. The molecule has 0 atom stereocenters. The number of nitrogens with two attached hydrogens (primary N) is 1. The van der Waals surface area contributed by atoms with Crippen molar-refractivity contribution in [3.05, 3.63) is 29.8 Å². The molecule has 1 heterocycles. The summed E-state index contributed by atoms with van der Waals surface area (Å²) in [5.41, 5.74) is 9.16. The van der Waals surface area contributed by atoms with E-state index in [9.17, 15) is 0 Å². The molecule has 0 aliphatic rings. The summed E-state index contributed by atoms with van der Waals surface area (Å²) in [6.45, 7) is 4.25. The Balaban J connectivity index is 2.45. The lowest BCUT2D eigenvalue weighted by Gasteiger charge is -2.07. The lowest BCUT2D eigenvalue weighted by atomic mass is 9.99. The molecule has 0 aliphatic heterocycles. The van der Waals surface area contributed by atoms with Gasteiger partial charge in [0.05, 0.1) is 5.69 Å². The Hall–Kier alpha value is -1.42. The van der Waals surface area contributed by atoms with Crippen LogP contribution >= 0.6 is 11.8 Å². The van der Waals surface area contributed by atoms with E-state index in [4.69, 9.17) is 5.73 Å². The third-order valence-electron chi connectivity index (χ3n) is 2.79. The second kappa shape index (κ2) is 4.84. The monoisotopic (exact) mass is 247 g/mol. The number of H-pyrrole nitrogens is 1. The Labute approximate surface area is 106 Å². The van der Waals surface area contributed by atoms with Gasteiger partial charge in [0, 0.05) is 10.5 Å². The fraction of sp³-hybridized carbons (Fsp3) is 0.308. The number of hydrogen-bond acceptors (Lipinski definition) is 3. The van der Waals surface area contributed by atoms with E-state index < -0.39 is 0 Å². The first-order valence-corrected chi connectivity index (χ1v) is 6.84. The van der Waals surface area contributed by atoms with Crippen molar-refractivity contribution in [1.82, 2.24) is 10.2 Å². The SMILES string of the molecule is CSc1ccc(-c2[nH]nc(N)c2C(C)C)cc1. The summed E-state index contributed by atoms with van der Waals surface area (Å²) < 4.78 is 0. The molecule has 0 saturated heterocycles. The van der Waals surface area contributed by atoms with Gasteiger partial charge in [0.25, 0.3) is 0 Å². The van der Waals surface area contributed by atoms with Crippen LogP contribution in [0.1, 0.15) is 25.3 Å². The van der Waals surface area contributed by atoms with Crippen molar-refractivity contribution in [2.24, 2.45) is 0 Å². The molecule has 0 saturated carbocycles. The van der Waals surface area contributed by atoms with E-state index in [0.717, 1.165) is 16.8 Å². The van der Waals surface area contributed by atoms with Gasteiger partial charge in [-0.25, -0.2) is 0 Å². The maximum atomic E-state index is 5.89. The molecule has 4 heteroatoms. The molecule has 0 amide bonds. The van der Waals surface area contributed by atoms with Crippen LogP contribution in [0.15, 0.2) is 29.2 Å². The highest BCUT2D eigenvalue weighted by Gasteiger charge is 2.15. The normalized spacial score (nSPS) is 11.1. The molecule has 0 unspecified atom stereocenters. The van der Waals surface area contributed by atoms with Crippen LogP contribution in [0.5, 0.6) is 0 Å². The average molecular weight is 247 g/mol. The van der Waals surface area contributed by atoms with Gasteiger partial charge in [-0.3, -0.25) is 5.10 Å². The van der Waals surface area contributed by atoms with E-state index in [-0.39, 0.29) is 0 Å². The number of nitrogen functional groups attached to an aromatic ring is 1. The third-order valence-corrected chi connectivity index (χ3v) is 3.53. The third kappa shape index (κ3) is 2.31. The van der Waals surface area contributed by atoms with Crippen LogP contribution < -0.4 is 5.73 Å². The molecule has 17 heavy (non-hydrogen) atoms. The zero-order chi connectivity index (χ0) is 12.4.